The van der Waals surface area contributed by atoms with E-state index in [9.17, 15) is 4.39 Å². The lowest BCUT2D eigenvalue weighted by molar-refractivity contribution is 0.532. The van der Waals surface area contributed by atoms with Crippen LogP contribution in [0.5, 0.6) is 0 Å². The number of aromatic nitrogens is 1. The average Bonchev–Trinajstić information content (AvgIpc) is 2.30. The lowest BCUT2D eigenvalue weighted by Crippen LogP contribution is -2.39. The smallest absolute Gasteiger partial charge is 0.167 e. The van der Waals surface area contributed by atoms with Gasteiger partial charge in [0.2, 0.25) is 0 Å². The number of nitrogens with zero attached hydrogens (tertiary/aromatic N) is 2. The normalized spacial score (nSPS) is 10.9. The molecule has 96 valence electrons. The second kappa shape index (κ2) is 6.77. The van der Waals surface area contributed by atoms with Crippen LogP contribution >= 0.6 is 11.6 Å². The number of hydrogen-bond donors (Lipinski definition) is 1. The second-order valence-electron chi connectivity index (χ2n) is 3.91. The van der Waals surface area contributed by atoms with Gasteiger partial charge in [-0.1, -0.05) is 25.4 Å². The summed E-state index contributed by atoms with van der Waals surface area (Å²) in [4.78, 5) is 6.00. The van der Waals surface area contributed by atoms with E-state index in [-0.39, 0.29) is 6.04 Å². The molecule has 0 bridgehead atoms. The highest BCUT2D eigenvalue weighted by atomic mass is 35.5. The quantitative estimate of drug-likeness (QED) is 0.854. The van der Waals surface area contributed by atoms with Crippen LogP contribution in [0, 0.1) is 5.82 Å². The van der Waals surface area contributed by atoms with Gasteiger partial charge in [0, 0.05) is 25.3 Å². The molecule has 1 heterocycles. The maximum Gasteiger partial charge on any atom is 0.167 e. The van der Waals surface area contributed by atoms with Gasteiger partial charge in [-0.25, -0.2) is 9.37 Å². The Balaban J connectivity index is 3.03. The highest BCUT2D eigenvalue weighted by molar-refractivity contribution is 6.30. The molecular formula is C12H19ClFN3. The molecule has 0 amide bonds. The summed E-state index contributed by atoms with van der Waals surface area (Å²) in [6, 6.07) is 1.54. The summed E-state index contributed by atoms with van der Waals surface area (Å²) in [6.45, 7) is 5.22. The van der Waals surface area contributed by atoms with E-state index in [1.807, 2.05) is 4.90 Å². The molecule has 0 atom stereocenters. The van der Waals surface area contributed by atoms with Crippen LogP contribution in [-0.4, -0.2) is 24.1 Å². The molecule has 2 N–H and O–H groups in total. The fraction of sp³-hybridized carbons (Fsp3) is 0.583. The summed E-state index contributed by atoms with van der Waals surface area (Å²) in [7, 11) is 0. The van der Waals surface area contributed by atoms with Crippen LogP contribution in [0.4, 0.5) is 10.2 Å². The molecule has 0 saturated carbocycles. The topological polar surface area (TPSA) is 42.1 Å². The van der Waals surface area contributed by atoms with Crippen LogP contribution in [0.15, 0.2) is 12.3 Å². The lowest BCUT2D eigenvalue weighted by atomic mass is 10.1. The predicted octanol–water partition coefficient (Wildman–Crippen LogP) is 2.83. The van der Waals surface area contributed by atoms with E-state index < -0.39 is 5.82 Å². The van der Waals surface area contributed by atoms with Crippen molar-refractivity contribution in [2.45, 2.75) is 32.7 Å². The Bertz CT molecular complexity index is 356. The first-order valence-electron chi connectivity index (χ1n) is 5.91. The average molecular weight is 260 g/mol. The number of hydrogen-bond acceptors (Lipinski definition) is 3. The number of halogens is 2. The third kappa shape index (κ3) is 3.54. The van der Waals surface area contributed by atoms with E-state index in [0.717, 1.165) is 12.8 Å². The molecule has 0 saturated heterocycles. The fourth-order valence-corrected chi connectivity index (χ4v) is 2.09. The minimum Gasteiger partial charge on any atom is -0.350 e. The maximum atomic E-state index is 13.8. The van der Waals surface area contributed by atoms with E-state index in [0.29, 0.717) is 23.9 Å². The van der Waals surface area contributed by atoms with Crippen LogP contribution in [0.3, 0.4) is 0 Å². The summed E-state index contributed by atoms with van der Waals surface area (Å²) in [5.74, 6) is -0.0496. The van der Waals surface area contributed by atoms with Crippen molar-refractivity contribution in [2.75, 3.05) is 18.0 Å². The van der Waals surface area contributed by atoms with Gasteiger partial charge < -0.3 is 10.6 Å². The monoisotopic (exact) mass is 259 g/mol. The third-order valence-corrected chi connectivity index (χ3v) is 3.02. The first-order valence-corrected chi connectivity index (χ1v) is 6.29. The molecule has 0 aromatic carbocycles. The standard InChI is InChI=1S/C12H19ClFN3/c1-3-10(4-2)17(6-5-15)12-11(14)7-9(13)8-16-12/h7-8,10H,3-6,15H2,1-2H3. The lowest BCUT2D eigenvalue weighted by Gasteiger charge is -2.31. The molecule has 5 heteroatoms. The zero-order valence-electron chi connectivity index (χ0n) is 10.3. The molecule has 1 aromatic rings. The molecule has 0 fully saturated rings. The van der Waals surface area contributed by atoms with Crippen molar-refractivity contribution >= 4 is 17.4 Å². The molecule has 3 nitrogen and oxygen atoms in total. The fourth-order valence-electron chi connectivity index (χ4n) is 1.95. The zero-order chi connectivity index (χ0) is 12.8. The molecule has 1 aromatic heterocycles. The summed E-state index contributed by atoms with van der Waals surface area (Å²) in [5, 5.41) is 0.309. The second-order valence-corrected chi connectivity index (χ2v) is 4.35. The Hall–Kier alpha value is -0.870. The molecule has 0 aliphatic rings. The SMILES string of the molecule is CCC(CC)N(CCN)c1ncc(Cl)cc1F. The first-order chi connectivity index (χ1) is 8.13. The number of nitrogens with two attached hydrogens (primary N) is 1. The largest absolute Gasteiger partial charge is 0.350 e. The van der Waals surface area contributed by atoms with Crippen molar-refractivity contribution in [1.29, 1.82) is 0 Å². The van der Waals surface area contributed by atoms with Gasteiger partial charge in [-0.3, -0.25) is 0 Å². The summed E-state index contributed by atoms with van der Waals surface area (Å²) >= 11 is 5.70. The van der Waals surface area contributed by atoms with E-state index >= 15 is 0 Å². The van der Waals surface area contributed by atoms with Crippen molar-refractivity contribution in [3.63, 3.8) is 0 Å². The molecule has 0 aliphatic heterocycles. The number of rotatable bonds is 6. The van der Waals surface area contributed by atoms with Crippen LogP contribution in [0.1, 0.15) is 26.7 Å². The van der Waals surface area contributed by atoms with Gasteiger partial charge >= 0.3 is 0 Å². The third-order valence-electron chi connectivity index (χ3n) is 2.81. The van der Waals surface area contributed by atoms with E-state index in [4.69, 9.17) is 17.3 Å². The summed E-state index contributed by atoms with van der Waals surface area (Å²) in [5.41, 5.74) is 5.58. The summed E-state index contributed by atoms with van der Waals surface area (Å²) in [6.07, 6.45) is 3.33. The van der Waals surface area contributed by atoms with Crippen molar-refractivity contribution in [1.82, 2.24) is 4.98 Å². The van der Waals surface area contributed by atoms with Crippen molar-refractivity contribution < 1.29 is 4.39 Å². The molecule has 1 rings (SSSR count). The van der Waals surface area contributed by atoms with E-state index in [2.05, 4.69) is 18.8 Å². The van der Waals surface area contributed by atoms with Gasteiger partial charge in [0.1, 0.15) is 0 Å². The minimum absolute atomic E-state index is 0.252. The molecule has 17 heavy (non-hydrogen) atoms. The van der Waals surface area contributed by atoms with Crippen LogP contribution in [0.25, 0.3) is 0 Å². The van der Waals surface area contributed by atoms with Gasteiger partial charge in [-0.05, 0) is 18.9 Å². The van der Waals surface area contributed by atoms with Crippen LogP contribution in [-0.2, 0) is 0 Å². The van der Waals surface area contributed by atoms with Crippen LogP contribution in [0.2, 0.25) is 5.02 Å². The molecule has 0 unspecified atom stereocenters. The zero-order valence-corrected chi connectivity index (χ0v) is 11.0. The first kappa shape index (κ1) is 14.2. The highest BCUT2D eigenvalue weighted by Crippen LogP contribution is 2.23. The van der Waals surface area contributed by atoms with Crippen molar-refractivity contribution in [3.05, 3.63) is 23.1 Å². The van der Waals surface area contributed by atoms with Gasteiger partial charge in [-0.15, -0.1) is 0 Å². The van der Waals surface area contributed by atoms with Crippen molar-refractivity contribution in [2.24, 2.45) is 5.73 Å². The van der Waals surface area contributed by atoms with Crippen LogP contribution < -0.4 is 10.6 Å². The Morgan fingerprint density at radius 3 is 2.59 bits per heavy atom. The van der Waals surface area contributed by atoms with E-state index in [1.54, 1.807) is 0 Å². The Morgan fingerprint density at radius 1 is 1.47 bits per heavy atom. The predicted molar refractivity (Wildman–Crippen MR) is 70.0 cm³/mol. The number of anilines is 1. The Kier molecular flexibility index (Phi) is 5.65. The molecule has 0 radical (unpaired) electrons. The van der Waals surface area contributed by atoms with Gasteiger partial charge in [0.05, 0.1) is 5.02 Å². The van der Waals surface area contributed by atoms with Gasteiger partial charge in [-0.2, -0.15) is 0 Å². The van der Waals surface area contributed by atoms with Gasteiger partial charge in [0.25, 0.3) is 0 Å². The molecule has 0 spiro atoms. The minimum atomic E-state index is -0.391. The summed E-state index contributed by atoms with van der Waals surface area (Å²) < 4.78 is 13.8. The Morgan fingerprint density at radius 2 is 2.12 bits per heavy atom. The van der Waals surface area contributed by atoms with E-state index in [1.165, 1.54) is 12.3 Å². The maximum absolute atomic E-state index is 13.8. The van der Waals surface area contributed by atoms with Gasteiger partial charge in [0.15, 0.2) is 11.6 Å². The molecular weight excluding hydrogens is 241 g/mol. The molecule has 0 aliphatic carbocycles. The Labute approximate surface area is 107 Å². The van der Waals surface area contributed by atoms with Crippen molar-refractivity contribution in [3.8, 4) is 0 Å². The highest BCUT2D eigenvalue weighted by Gasteiger charge is 2.19. The number of pyridine rings is 1.